The van der Waals surface area contributed by atoms with Gasteiger partial charge in [0, 0.05) is 17.6 Å². The maximum absolute atomic E-state index is 6.25. The summed E-state index contributed by atoms with van der Waals surface area (Å²) in [6, 6.07) is 6.09. The second kappa shape index (κ2) is 7.43. The quantitative estimate of drug-likeness (QED) is 0.518. The molecule has 0 saturated heterocycles. The summed E-state index contributed by atoms with van der Waals surface area (Å²) in [7, 11) is 0. The van der Waals surface area contributed by atoms with Crippen molar-refractivity contribution in [1.82, 2.24) is 9.55 Å². The molecule has 0 spiro atoms. The highest BCUT2D eigenvalue weighted by Gasteiger charge is 2.14. The van der Waals surface area contributed by atoms with Gasteiger partial charge in [-0.1, -0.05) is 29.3 Å². The minimum Gasteiger partial charge on any atom is -0.380 e. The smallest absolute Gasteiger partial charge is 0.127 e. The molecule has 0 aliphatic carbocycles. The van der Waals surface area contributed by atoms with Crippen LogP contribution in [0.4, 0.5) is 0 Å². The number of hydrogen-bond donors (Lipinski definition) is 0. The molecule has 1 unspecified atom stereocenters. The third-order valence-corrected chi connectivity index (χ3v) is 3.89. The minimum atomic E-state index is -0.114. The number of benzene rings is 1. The van der Waals surface area contributed by atoms with Gasteiger partial charge in [-0.2, -0.15) is 0 Å². The van der Waals surface area contributed by atoms with Crippen LogP contribution in [0.3, 0.4) is 0 Å². The molecule has 0 aliphatic rings. The number of hydrogen-bond acceptors (Lipinski definition) is 2. The van der Waals surface area contributed by atoms with Crippen molar-refractivity contribution in [2.75, 3.05) is 13.2 Å². The van der Waals surface area contributed by atoms with Crippen LogP contribution in [0, 0.1) is 0 Å². The number of imidazole rings is 1. The molecular weight excluding hydrogens is 340 g/mol. The molecule has 0 radical (unpaired) electrons. The second-order valence-electron chi connectivity index (χ2n) is 4.84. The maximum Gasteiger partial charge on any atom is 0.127 e. The Morgan fingerprint density at radius 1 is 1.40 bits per heavy atom. The number of halogens is 2. The van der Waals surface area contributed by atoms with Gasteiger partial charge in [-0.25, -0.2) is 4.98 Å². The molecule has 2 rings (SSSR count). The fourth-order valence-corrected chi connectivity index (χ4v) is 2.67. The van der Waals surface area contributed by atoms with Gasteiger partial charge in [-0.05, 0) is 31.5 Å². The average molecular weight is 360 g/mol. The number of unbranched alkanes of at least 4 members (excludes halogenated alkanes) is 1. The molecule has 0 fully saturated rings. The molecule has 2 aromatic rings. The van der Waals surface area contributed by atoms with Gasteiger partial charge in [0.1, 0.15) is 5.82 Å². The Kier molecular flexibility index (Phi) is 5.87. The third kappa shape index (κ3) is 3.74. The molecule has 1 aromatic heterocycles. The zero-order valence-electron chi connectivity index (χ0n) is 11.9. The fourth-order valence-electron chi connectivity index (χ4n) is 2.16. The van der Waals surface area contributed by atoms with Crippen molar-refractivity contribution in [1.29, 1.82) is 0 Å². The van der Waals surface area contributed by atoms with Gasteiger partial charge in [0.05, 0.1) is 23.0 Å². The lowest BCUT2D eigenvalue weighted by Gasteiger charge is -2.11. The molecular formula is C15H20BrClN2O. The summed E-state index contributed by atoms with van der Waals surface area (Å²) in [4.78, 5) is 4.62. The number of alkyl halides is 1. The summed E-state index contributed by atoms with van der Waals surface area (Å²) in [6.07, 6.45) is 2.26. The molecule has 20 heavy (non-hydrogen) atoms. The highest BCUT2D eigenvalue weighted by Crippen LogP contribution is 2.26. The van der Waals surface area contributed by atoms with E-state index in [9.17, 15) is 0 Å². The molecule has 3 nitrogen and oxygen atoms in total. The van der Waals surface area contributed by atoms with Crippen LogP contribution in [0.15, 0.2) is 22.7 Å². The topological polar surface area (TPSA) is 27.1 Å². The zero-order chi connectivity index (χ0) is 14.5. The average Bonchev–Trinajstić information content (AvgIpc) is 2.77. The second-order valence-corrected chi connectivity index (χ2v) is 6.41. The molecule has 5 heteroatoms. The number of ether oxygens (including phenoxy) is 1. The first kappa shape index (κ1) is 15.8. The first-order valence-electron chi connectivity index (χ1n) is 7.01. The molecule has 0 bridgehead atoms. The Morgan fingerprint density at radius 3 is 2.90 bits per heavy atom. The number of aromatic nitrogens is 2. The van der Waals surface area contributed by atoms with Gasteiger partial charge in [-0.15, -0.1) is 11.6 Å². The van der Waals surface area contributed by atoms with Gasteiger partial charge < -0.3 is 9.30 Å². The molecule has 0 amide bonds. The van der Waals surface area contributed by atoms with Crippen molar-refractivity contribution in [2.24, 2.45) is 0 Å². The Labute approximate surface area is 133 Å². The van der Waals surface area contributed by atoms with Crippen molar-refractivity contribution in [3.8, 4) is 0 Å². The molecule has 1 aromatic carbocycles. The van der Waals surface area contributed by atoms with E-state index in [1.807, 2.05) is 19.1 Å². The summed E-state index contributed by atoms with van der Waals surface area (Å²) in [5.74, 6) is 0.902. The molecule has 0 aliphatic heterocycles. The van der Waals surface area contributed by atoms with Crippen LogP contribution in [0.2, 0.25) is 0 Å². The van der Waals surface area contributed by atoms with Crippen LogP contribution in [0.5, 0.6) is 0 Å². The molecule has 0 saturated carbocycles. The summed E-state index contributed by atoms with van der Waals surface area (Å²) in [5.41, 5.74) is 2.07. The first-order valence-corrected chi connectivity index (χ1v) is 8.24. The number of nitrogens with zero attached hydrogens (tertiary/aromatic N) is 2. The number of fused-ring (bicyclic) bond motifs is 1. The van der Waals surface area contributed by atoms with Crippen LogP contribution in [0.25, 0.3) is 11.0 Å². The van der Waals surface area contributed by atoms with Crippen molar-refractivity contribution in [3.05, 3.63) is 28.5 Å². The summed E-state index contributed by atoms with van der Waals surface area (Å²) >= 11 is 9.76. The Bertz CT molecular complexity index is 568. The van der Waals surface area contributed by atoms with Gasteiger partial charge >= 0.3 is 0 Å². The number of rotatable bonds is 7. The fraction of sp³-hybridized carbons (Fsp3) is 0.533. The van der Waals surface area contributed by atoms with Gasteiger partial charge in [-0.3, -0.25) is 0 Å². The zero-order valence-corrected chi connectivity index (χ0v) is 14.2. The largest absolute Gasteiger partial charge is 0.380 e. The molecule has 110 valence electrons. The van der Waals surface area contributed by atoms with E-state index in [1.54, 1.807) is 0 Å². The Hall–Kier alpha value is -0.580. The van der Waals surface area contributed by atoms with Gasteiger partial charge in [0.15, 0.2) is 0 Å². The molecule has 0 N–H and O–H groups in total. The summed E-state index contributed by atoms with van der Waals surface area (Å²) in [6.45, 7) is 6.40. The maximum atomic E-state index is 6.25. The van der Waals surface area contributed by atoms with E-state index in [0.29, 0.717) is 6.61 Å². The molecule has 1 heterocycles. The Morgan fingerprint density at radius 2 is 2.20 bits per heavy atom. The van der Waals surface area contributed by atoms with Gasteiger partial charge in [0.25, 0.3) is 0 Å². The van der Waals surface area contributed by atoms with Crippen LogP contribution in [-0.2, 0) is 11.3 Å². The molecule has 1 atom stereocenters. The summed E-state index contributed by atoms with van der Waals surface area (Å²) in [5, 5.41) is -0.114. The van der Waals surface area contributed by atoms with Crippen molar-refractivity contribution in [3.63, 3.8) is 0 Å². The predicted octanol–water partition coefficient (Wildman–Crippen LogP) is 4.92. The lowest BCUT2D eigenvalue weighted by atomic mass is 10.3. The Balaban J connectivity index is 2.19. The lowest BCUT2D eigenvalue weighted by molar-refractivity contribution is 0.123. The third-order valence-electron chi connectivity index (χ3n) is 3.20. The summed E-state index contributed by atoms with van der Waals surface area (Å²) < 4.78 is 8.86. The van der Waals surface area contributed by atoms with E-state index >= 15 is 0 Å². The standard InChI is InChI=1S/C15H20BrClN2O/c1-3-4-8-20-9-7-19-14-10-12(16)5-6-13(14)18-15(19)11(2)17/h5-6,10-11H,3-4,7-9H2,1-2H3. The van der Waals surface area contributed by atoms with Crippen LogP contribution < -0.4 is 0 Å². The van der Waals surface area contributed by atoms with E-state index in [4.69, 9.17) is 16.3 Å². The van der Waals surface area contributed by atoms with E-state index in [-0.39, 0.29) is 5.38 Å². The van der Waals surface area contributed by atoms with Crippen LogP contribution in [0.1, 0.15) is 37.9 Å². The normalized spacial score (nSPS) is 13.0. The van der Waals surface area contributed by atoms with Crippen molar-refractivity contribution in [2.45, 2.75) is 38.6 Å². The van der Waals surface area contributed by atoms with Crippen molar-refractivity contribution >= 4 is 38.6 Å². The minimum absolute atomic E-state index is 0.114. The van der Waals surface area contributed by atoms with Crippen molar-refractivity contribution < 1.29 is 4.74 Å². The lowest BCUT2D eigenvalue weighted by Crippen LogP contribution is -2.10. The van der Waals surface area contributed by atoms with E-state index in [2.05, 4.69) is 38.5 Å². The first-order chi connectivity index (χ1) is 9.63. The van der Waals surface area contributed by atoms with E-state index < -0.39 is 0 Å². The van der Waals surface area contributed by atoms with Crippen LogP contribution >= 0.6 is 27.5 Å². The predicted molar refractivity (Wildman–Crippen MR) is 87.4 cm³/mol. The van der Waals surface area contributed by atoms with E-state index in [0.717, 1.165) is 47.3 Å². The van der Waals surface area contributed by atoms with Gasteiger partial charge in [0.2, 0.25) is 0 Å². The highest BCUT2D eigenvalue weighted by atomic mass is 79.9. The van der Waals surface area contributed by atoms with E-state index in [1.165, 1.54) is 0 Å². The monoisotopic (exact) mass is 358 g/mol. The SMILES string of the molecule is CCCCOCCn1c(C(C)Cl)nc2ccc(Br)cc21. The highest BCUT2D eigenvalue weighted by molar-refractivity contribution is 9.10. The van der Waals surface area contributed by atoms with Crippen LogP contribution in [-0.4, -0.2) is 22.8 Å².